The zero-order chi connectivity index (χ0) is 20.8. The van der Waals surface area contributed by atoms with Crippen molar-refractivity contribution in [2.24, 2.45) is 0 Å². The minimum absolute atomic E-state index is 0.122. The maximum atomic E-state index is 12.2. The Morgan fingerprint density at radius 3 is 2.86 bits per heavy atom. The van der Waals surface area contributed by atoms with E-state index in [4.69, 9.17) is 21.6 Å². The SMILES string of the molecule is COCCNC(=O)c1cccc(Cc2cn(-c3ccc(C#N)c(Cl)c3)nc2C)c1. The van der Waals surface area contributed by atoms with Crippen molar-refractivity contribution in [2.75, 3.05) is 20.3 Å². The number of rotatable bonds is 7. The van der Waals surface area contributed by atoms with Crippen LogP contribution in [0, 0.1) is 18.3 Å². The number of nitriles is 1. The highest BCUT2D eigenvalue weighted by Crippen LogP contribution is 2.21. The van der Waals surface area contributed by atoms with E-state index in [0.717, 1.165) is 22.5 Å². The number of amides is 1. The molecule has 0 saturated heterocycles. The molecule has 0 fully saturated rings. The van der Waals surface area contributed by atoms with E-state index in [-0.39, 0.29) is 5.91 Å². The molecule has 1 amide bonds. The number of nitrogens with zero attached hydrogens (tertiary/aromatic N) is 3. The Bertz CT molecular complexity index is 1070. The Kier molecular flexibility index (Phi) is 6.65. The van der Waals surface area contributed by atoms with Gasteiger partial charge in [-0.15, -0.1) is 0 Å². The first-order valence-corrected chi connectivity index (χ1v) is 9.51. The topological polar surface area (TPSA) is 79.9 Å². The van der Waals surface area contributed by atoms with Gasteiger partial charge in [0, 0.05) is 31.8 Å². The molecule has 29 heavy (non-hydrogen) atoms. The van der Waals surface area contributed by atoms with Gasteiger partial charge in [0.25, 0.3) is 5.91 Å². The molecule has 6 nitrogen and oxygen atoms in total. The van der Waals surface area contributed by atoms with Crippen molar-refractivity contribution in [3.63, 3.8) is 0 Å². The van der Waals surface area contributed by atoms with Gasteiger partial charge in [0.05, 0.1) is 28.6 Å². The molecule has 0 unspecified atom stereocenters. The molecule has 0 aliphatic rings. The van der Waals surface area contributed by atoms with E-state index in [1.807, 2.05) is 37.4 Å². The summed E-state index contributed by atoms with van der Waals surface area (Å²) in [6.45, 7) is 2.89. The predicted octanol–water partition coefficient (Wildman–Crippen LogP) is 3.67. The molecule has 0 radical (unpaired) electrons. The van der Waals surface area contributed by atoms with Crippen LogP contribution >= 0.6 is 11.6 Å². The Labute approximate surface area is 174 Å². The van der Waals surface area contributed by atoms with Crippen molar-refractivity contribution in [3.8, 4) is 11.8 Å². The molecule has 2 aromatic carbocycles. The Morgan fingerprint density at radius 1 is 1.31 bits per heavy atom. The molecule has 1 heterocycles. The van der Waals surface area contributed by atoms with E-state index in [1.165, 1.54) is 0 Å². The number of methoxy groups -OCH3 is 1. The third kappa shape index (κ3) is 5.02. The molecule has 7 heteroatoms. The van der Waals surface area contributed by atoms with E-state index in [9.17, 15) is 4.79 Å². The van der Waals surface area contributed by atoms with Crippen molar-refractivity contribution < 1.29 is 9.53 Å². The highest BCUT2D eigenvalue weighted by Gasteiger charge is 2.11. The monoisotopic (exact) mass is 408 g/mol. The molecular formula is C22H21ClN4O2. The molecule has 1 aromatic heterocycles. The van der Waals surface area contributed by atoms with Gasteiger partial charge < -0.3 is 10.1 Å². The molecule has 0 bridgehead atoms. The average molecular weight is 409 g/mol. The van der Waals surface area contributed by atoms with Gasteiger partial charge in [-0.05, 0) is 48.4 Å². The quantitative estimate of drug-likeness (QED) is 0.605. The molecule has 0 aliphatic carbocycles. The average Bonchev–Trinajstić information content (AvgIpc) is 3.08. The number of hydrogen-bond donors (Lipinski definition) is 1. The second-order valence-electron chi connectivity index (χ2n) is 6.59. The first kappa shape index (κ1) is 20.6. The Morgan fingerprint density at radius 2 is 2.14 bits per heavy atom. The first-order valence-electron chi connectivity index (χ1n) is 9.13. The standard InChI is InChI=1S/C22H21ClN4O2/c1-15-19(14-27(26-15)20-7-6-18(13-24)21(23)12-20)11-16-4-3-5-17(10-16)22(28)25-8-9-29-2/h3-7,10,12,14H,8-9,11H2,1-2H3,(H,25,28). The number of benzene rings is 2. The lowest BCUT2D eigenvalue weighted by Gasteiger charge is -2.06. The van der Waals surface area contributed by atoms with Gasteiger partial charge in [-0.25, -0.2) is 4.68 Å². The molecule has 3 aromatic rings. The van der Waals surface area contributed by atoms with Crippen LogP contribution in [-0.4, -0.2) is 35.9 Å². The van der Waals surface area contributed by atoms with Crippen LogP contribution in [-0.2, 0) is 11.2 Å². The van der Waals surface area contributed by atoms with Crippen LogP contribution in [0.3, 0.4) is 0 Å². The van der Waals surface area contributed by atoms with E-state index < -0.39 is 0 Å². The van der Waals surface area contributed by atoms with E-state index in [0.29, 0.717) is 35.7 Å². The summed E-state index contributed by atoms with van der Waals surface area (Å²) in [5, 5.41) is 16.8. The number of aromatic nitrogens is 2. The summed E-state index contributed by atoms with van der Waals surface area (Å²) in [6, 6.07) is 14.8. The minimum Gasteiger partial charge on any atom is -0.383 e. The second-order valence-corrected chi connectivity index (χ2v) is 6.99. The number of hydrogen-bond acceptors (Lipinski definition) is 4. The molecule has 1 N–H and O–H groups in total. The van der Waals surface area contributed by atoms with E-state index in [2.05, 4.69) is 16.5 Å². The number of halogens is 1. The minimum atomic E-state index is -0.122. The number of aryl methyl sites for hydroxylation is 1. The van der Waals surface area contributed by atoms with Crippen LogP contribution in [0.5, 0.6) is 0 Å². The van der Waals surface area contributed by atoms with E-state index in [1.54, 1.807) is 30.0 Å². The van der Waals surface area contributed by atoms with Gasteiger partial charge in [-0.2, -0.15) is 10.4 Å². The third-order valence-electron chi connectivity index (χ3n) is 4.51. The first-order chi connectivity index (χ1) is 14.0. The van der Waals surface area contributed by atoms with Crippen LogP contribution < -0.4 is 5.32 Å². The van der Waals surface area contributed by atoms with Crippen molar-refractivity contribution in [3.05, 3.63) is 81.6 Å². The normalized spacial score (nSPS) is 10.6. The molecular weight excluding hydrogens is 388 g/mol. The zero-order valence-electron chi connectivity index (χ0n) is 16.3. The van der Waals surface area contributed by atoms with Crippen molar-refractivity contribution >= 4 is 17.5 Å². The summed E-state index contributed by atoms with van der Waals surface area (Å²) in [5.41, 5.74) is 4.78. The zero-order valence-corrected chi connectivity index (χ0v) is 17.0. The summed E-state index contributed by atoms with van der Waals surface area (Å²) in [5.74, 6) is -0.122. The fourth-order valence-corrected chi connectivity index (χ4v) is 3.17. The summed E-state index contributed by atoms with van der Waals surface area (Å²) in [7, 11) is 1.60. The van der Waals surface area contributed by atoms with Gasteiger partial charge in [-0.3, -0.25) is 4.79 Å². The maximum absolute atomic E-state index is 12.2. The Hall–Kier alpha value is -3.14. The summed E-state index contributed by atoms with van der Waals surface area (Å²) >= 11 is 6.14. The van der Waals surface area contributed by atoms with Gasteiger partial charge in [0.1, 0.15) is 6.07 Å². The number of carbonyl (C=O) groups excluding carboxylic acids is 1. The molecule has 0 aliphatic heterocycles. The number of carbonyl (C=O) groups is 1. The van der Waals surface area contributed by atoms with Crippen LogP contribution in [0.1, 0.15) is 32.7 Å². The van der Waals surface area contributed by atoms with Gasteiger partial charge >= 0.3 is 0 Å². The lowest BCUT2D eigenvalue weighted by Crippen LogP contribution is -2.26. The van der Waals surface area contributed by atoms with Gasteiger partial charge in [0.2, 0.25) is 0 Å². The van der Waals surface area contributed by atoms with Crippen LogP contribution in [0.4, 0.5) is 0 Å². The number of nitrogens with one attached hydrogen (secondary N) is 1. The fraction of sp³-hybridized carbons (Fsp3) is 0.227. The summed E-state index contributed by atoms with van der Waals surface area (Å²) < 4.78 is 6.70. The van der Waals surface area contributed by atoms with Crippen LogP contribution in [0.25, 0.3) is 5.69 Å². The molecule has 148 valence electrons. The van der Waals surface area contributed by atoms with Crippen molar-refractivity contribution in [1.82, 2.24) is 15.1 Å². The van der Waals surface area contributed by atoms with Gasteiger partial charge in [-0.1, -0.05) is 23.7 Å². The molecule has 0 saturated carbocycles. The second kappa shape index (κ2) is 9.37. The molecule has 3 rings (SSSR count). The number of ether oxygens (including phenoxy) is 1. The molecule has 0 atom stereocenters. The highest BCUT2D eigenvalue weighted by atomic mass is 35.5. The van der Waals surface area contributed by atoms with Gasteiger partial charge in [0.15, 0.2) is 0 Å². The summed E-state index contributed by atoms with van der Waals surface area (Å²) in [4.78, 5) is 12.2. The Balaban J connectivity index is 1.78. The third-order valence-corrected chi connectivity index (χ3v) is 4.83. The van der Waals surface area contributed by atoms with Crippen LogP contribution in [0.2, 0.25) is 5.02 Å². The predicted molar refractivity (Wildman–Crippen MR) is 111 cm³/mol. The largest absolute Gasteiger partial charge is 0.383 e. The molecule has 0 spiro atoms. The maximum Gasteiger partial charge on any atom is 0.251 e. The smallest absolute Gasteiger partial charge is 0.251 e. The van der Waals surface area contributed by atoms with Crippen molar-refractivity contribution in [1.29, 1.82) is 5.26 Å². The lowest BCUT2D eigenvalue weighted by molar-refractivity contribution is 0.0937. The lowest BCUT2D eigenvalue weighted by atomic mass is 10.0. The van der Waals surface area contributed by atoms with Crippen LogP contribution in [0.15, 0.2) is 48.7 Å². The fourth-order valence-electron chi connectivity index (χ4n) is 2.95. The van der Waals surface area contributed by atoms with Crippen molar-refractivity contribution in [2.45, 2.75) is 13.3 Å². The summed E-state index contributed by atoms with van der Waals surface area (Å²) in [6.07, 6.45) is 2.59. The van der Waals surface area contributed by atoms with E-state index >= 15 is 0 Å². The highest BCUT2D eigenvalue weighted by molar-refractivity contribution is 6.31.